The number of nitrogens with two attached hydrogens (primary N) is 1. The fourth-order valence-electron chi connectivity index (χ4n) is 1.73. The first kappa shape index (κ1) is 15.4. The Balaban J connectivity index is 2.27. The van der Waals surface area contributed by atoms with Crippen molar-refractivity contribution in [2.24, 2.45) is 0 Å². The van der Waals surface area contributed by atoms with Crippen LogP contribution in [0.3, 0.4) is 0 Å². The van der Waals surface area contributed by atoms with Crippen LogP contribution in [0.5, 0.6) is 5.75 Å². The van der Waals surface area contributed by atoms with Crippen LogP contribution < -0.4 is 10.5 Å². The first-order chi connectivity index (χ1) is 9.51. The van der Waals surface area contributed by atoms with E-state index in [0.29, 0.717) is 21.4 Å². The third kappa shape index (κ3) is 3.53. The van der Waals surface area contributed by atoms with Gasteiger partial charge in [-0.1, -0.05) is 27.5 Å². The molecule has 1 unspecified atom stereocenters. The summed E-state index contributed by atoms with van der Waals surface area (Å²) in [6, 6.07) is 10.6. The van der Waals surface area contributed by atoms with Gasteiger partial charge >= 0.3 is 0 Å². The second-order valence-corrected chi connectivity index (χ2v) is 6.84. The Morgan fingerprint density at radius 3 is 2.70 bits per heavy atom. The lowest BCUT2D eigenvalue weighted by molar-refractivity contribution is 0.414. The van der Waals surface area contributed by atoms with E-state index < -0.39 is 10.8 Å². The van der Waals surface area contributed by atoms with Gasteiger partial charge in [-0.2, -0.15) is 0 Å². The second kappa shape index (κ2) is 6.61. The molecule has 2 aromatic rings. The molecule has 0 amide bonds. The van der Waals surface area contributed by atoms with E-state index in [0.717, 1.165) is 15.8 Å². The summed E-state index contributed by atoms with van der Waals surface area (Å²) >= 11 is 9.29. The molecule has 0 radical (unpaired) electrons. The highest BCUT2D eigenvalue weighted by molar-refractivity contribution is 9.10. The zero-order valence-electron chi connectivity index (χ0n) is 10.7. The van der Waals surface area contributed by atoms with Crippen LogP contribution in [0.15, 0.2) is 45.8 Å². The van der Waals surface area contributed by atoms with Crippen molar-refractivity contribution in [3.8, 4) is 5.75 Å². The summed E-state index contributed by atoms with van der Waals surface area (Å²) in [7, 11) is 0.354. The van der Waals surface area contributed by atoms with Crippen LogP contribution in [0.2, 0.25) is 5.02 Å². The molecule has 20 heavy (non-hydrogen) atoms. The summed E-state index contributed by atoms with van der Waals surface area (Å²) in [5.74, 6) is 1.08. The molecular formula is C14H13BrClNO2S. The van der Waals surface area contributed by atoms with Crippen LogP contribution in [0, 0.1) is 0 Å². The van der Waals surface area contributed by atoms with Gasteiger partial charge in [-0.15, -0.1) is 0 Å². The van der Waals surface area contributed by atoms with Crippen LogP contribution in [-0.2, 0) is 16.6 Å². The monoisotopic (exact) mass is 373 g/mol. The maximum absolute atomic E-state index is 12.4. The predicted molar refractivity (Wildman–Crippen MR) is 86.7 cm³/mol. The Bertz CT molecular complexity index is 664. The van der Waals surface area contributed by atoms with Gasteiger partial charge in [-0.05, 0) is 42.0 Å². The SMILES string of the molecule is COc1ccc(Br)c(CS(=O)c2ccc(Cl)cc2N)c1. The topological polar surface area (TPSA) is 52.3 Å². The Labute approximate surface area is 133 Å². The summed E-state index contributed by atoms with van der Waals surface area (Å²) < 4.78 is 18.5. The summed E-state index contributed by atoms with van der Waals surface area (Å²) in [5, 5.41) is 0.533. The second-order valence-electron chi connectivity index (χ2n) is 4.13. The van der Waals surface area contributed by atoms with Crippen molar-refractivity contribution >= 4 is 44.0 Å². The molecular weight excluding hydrogens is 362 g/mol. The lowest BCUT2D eigenvalue weighted by Crippen LogP contribution is -2.01. The van der Waals surface area contributed by atoms with Crippen molar-refractivity contribution in [3.63, 3.8) is 0 Å². The molecule has 0 bridgehead atoms. The average Bonchev–Trinajstić information content (AvgIpc) is 2.41. The molecule has 0 saturated heterocycles. The molecule has 0 heterocycles. The summed E-state index contributed by atoms with van der Waals surface area (Å²) in [6.45, 7) is 0. The van der Waals surface area contributed by atoms with Gasteiger partial charge in [0.05, 0.1) is 28.6 Å². The number of ether oxygens (including phenoxy) is 1. The smallest absolute Gasteiger partial charge is 0.119 e. The van der Waals surface area contributed by atoms with Crippen molar-refractivity contribution in [1.82, 2.24) is 0 Å². The van der Waals surface area contributed by atoms with Gasteiger partial charge in [0.1, 0.15) is 5.75 Å². The van der Waals surface area contributed by atoms with Crippen molar-refractivity contribution in [3.05, 3.63) is 51.5 Å². The first-order valence-corrected chi connectivity index (χ1v) is 8.26. The minimum atomic E-state index is -1.24. The van der Waals surface area contributed by atoms with Gasteiger partial charge < -0.3 is 10.5 Å². The van der Waals surface area contributed by atoms with Crippen molar-refractivity contribution in [2.45, 2.75) is 10.6 Å². The molecule has 0 aliphatic carbocycles. The quantitative estimate of drug-likeness (QED) is 0.823. The molecule has 0 fully saturated rings. The molecule has 2 aromatic carbocycles. The highest BCUT2D eigenvalue weighted by Crippen LogP contribution is 2.27. The summed E-state index contributed by atoms with van der Waals surface area (Å²) in [4.78, 5) is 0.587. The molecule has 0 aromatic heterocycles. The molecule has 0 aliphatic rings. The van der Waals surface area contributed by atoms with E-state index in [2.05, 4.69) is 15.9 Å². The maximum Gasteiger partial charge on any atom is 0.119 e. The van der Waals surface area contributed by atoms with Gasteiger partial charge in [-0.25, -0.2) is 0 Å². The highest BCUT2D eigenvalue weighted by atomic mass is 79.9. The molecule has 2 rings (SSSR count). The van der Waals surface area contributed by atoms with E-state index in [4.69, 9.17) is 22.1 Å². The molecule has 1 atom stereocenters. The minimum absolute atomic E-state index is 0.351. The Morgan fingerprint density at radius 1 is 1.30 bits per heavy atom. The van der Waals surface area contributed by atoms with Crippen LogP contribution in [-0.4, -0.2) is 11.3 Å². The number of methoxy groups -OCH3 is 1. The fourth-order valence-corrected chi connectivity index (χ4v) is 3.71. The largest absolute Gasteiger partial charge is 0.497 e. The third-order valence-corrected chi connectivity index (χ3v) is 5.20. The van der Waals surface area contributed by atoms with E-state index >= 15 is 0 Å². The number of hydrogen-bond acceptors (Lipinski definition) is 3. The van der Waals surface area contributed by atoms with E-state index in [1.54, 1.807) is 25.3 Å². The van der Waals surface area contributed by atoms with E-state index in [9.17, 15) is 4.21 Å². The summed E-state index contributed by atoms with van der Waals surface area (Å²) in [6.07, 6.45) is 0. The standard InChI is InChI=1S/C14H13BrClNO2S/c1-19-11-3-4-12(15)9(6-11)8-20(18)14-5-2-10(16)7-13(14)17/h2-7H,8,17H2,1H3. The van der Waals surface area contributed by atoms with Crippen molar-refractivity contribution in [1.29, 1.82) is 0 Å². The van der Waals surface area contributed by atoms with Crippen molar-refractivity contribution < 1.29 is 8.95 Å². The molecule has 6 heteroatoms. The zero-order valence-corrected chi connectivity index (χ0v) is 13.9. The number of anilines is 1. The van der Waals surface area contributed by atoms with Crippen LogP contribution >= 0.6 is 27.5 Å². The lowest BCUT2D eigenvalue weighted by Gasteiger charge is -2.09. The fraction of sp³-hybridized carbons (Fsp3) is 0.143. The Hall–Kier alpha value is -1.04. The molecule has 0 spiro atoms. The highest BCUT2D eigenvalue weighted by Gasteiger charge is 2.12. The Kier molecular flexibility index (Phi) is 5.07. The van der Waals surface area contributed by atoms with E-state index in [1.807, 2.05) is 18.2 Å². The first-order valence-electron chi connectivity index (χ1n) is 5.77. The Morgan fingerprint density at radius 2 is 2.05 bits per heavy atom. The predicted octanol–water partition coefficient (Wildman–Crippen LogP) is 4.00. The van der Waals surface area contributed by atoms with Gasteiger partial charge in [0.2, 0.25) is 0 Å². The van der Waals surface area contributed by atoms with Crippen LogP contribution in [0.4, 0.5) is 5.69 Å². The maximum atomic E-state index is 12.4. The molecule has 3 nitrogen and oxygen atoms in total. The van der Waals surface area contributed by atoms with Crippen molar-refractivity contribution in [2.75, 3.05) is 12.8 Å². The molecule has 0 saturated carbocycles. The molecule has 2 N–H and O–H groups in total. The van der Waals surface area contributed by atoms with E-state index in [-0.39, 0.29) is 0 Å². The third-order valence-electron chi connectivity index (χ3n) is 2.76. The number of rotatable bonds is 4. The van der Waals surface area contributed by atoms with Gasteiger partial charge in [0.15, 0.2) is 0 Å². The number of hydrogen-bond donors (Lipinski definition) is 1. The minimum Gasteiger partial charge on any atom is -0.497 e. The zero-order chi connectivity index (χ0) is 14.7. The van der Waals surface area contributed by atoms with E-state index in [1.165, 1.54) is 0 Å². The average molecular weight is 375 g/mol. The summed E-state index contributed by atoms with van der Waals surface area (Å²) in [5.41, 5.74) is 7.20. The van der Waals surface area contributed by atoms with Gasteiger partial charge in [-0.3, -0.25) is 4.21 Å². The van der Waals surface area contributed by atoms with Crippen LogP contribution in [0.1, 0.15) is 5.56 Å². The lowest BCUT2D eigenvalue weighted by atomic mass is 10.2. The molecule has 0 aliphatic heterocycles. The van der Waals surface area contributed by atoms with Gasteiger partial charge in [0.25, 0.3) is 0 Å². The molecule has 106 valence electrons. The van der Waals surface area contributed by atoms with Crippen LogP contribution in [0.25, 0.3) is 0 Å². The number of nitrogen functional groups attached to an aromatic ring is 1. The number of benzene rings is 2. The van der Waals surface area contributed by atoms with Gasteiger partial charge in [0, 0.05) is 15.2 Å². The number of halogens is 2. The normalized spacial score (nSPS) is 12.2.